The number of benzene rings is 1. The minimum Gasteiger partial charge on any atom is -0.354 e. The van der Waals surface area contributed by atoms with E-state index in [4.69, 9.17) is 4.98 Å². The predicted octanol–water partition coefficient (Wildman–Crippen LogP) is 2.25. The summed E-state index contributed by atoms with van der Waals surface area (Å²) < 4.78 is 0. The fraction of sp³-hybridized carbons (Fsp3) is 0.444. The first kappa shape index (κ1) is 15.7. The average molecular weight is 311 g/mol. The molecule has 2 heterocycles. The van der Waals surface area contributed by atoms with Crippen LogP contribution in [-0.2, 0) is 6.54 Å². The van der Waals surface area contributed by atoms with Crippen LogP contribution in [0.5, 0.6) is 0 Å². The molecule has 0 aliphatic carbocycles. The third-order valence-electron chi connectivity index (χ3n) is 4.38. The Kier molecular flexibility index (Phi) is 5.08. The Morgan fingerprint density at radius 3 is 2.48 bits per heavy atom. The quantitative estimate of drug-likeness (QED) is 0.846. The molecule has 0 N–H and O–H groups in total. The average Bonchev–Trinajstić information content (AvgIpc) is 2.63. The van der Waals surface area contributed by atoms with Crippen LogP contribution < -0.4 is 9.80 Å². The van der Waals surface area contributed by atoms with Crippen LogP contribution in [-0.4, -0.2) is 54.6 Å². The normalized spacial score (nSPS) is 15.7. The third-order valence-corrected chi connectivity index (χ3v) is 4.38. The number of anilines is 2. The predicted molar refractivity (Wildman–Crippen MR) is 94.9 cm³/mol. The van der Waals surface area contributed by atoms with Gasteiger partial charge in [-0.25, -0.2) is 4.98 Å². The maximum absolute atomic E-state index is 4.77. The van der Waals surface area contributed by atoms with Crippen molar-refractivity contribution in [2.75, 3.05) is 49.6 Å². The van der Waals surface area contributed by atoms with Crippen molar-refractivity contribution < 1.29 is 0 Å². The maximum atomic E-state index is 4.77. The fourth-order valence-corrected chi connectivity index (χ4v) is 2.92. The second-order valence-electron chi connectivity index (χ2n) is 5.98. The van der Waals surface area contributed by atoms with Gasteiger partial charge in [0.1, 0.15) is 5.82 Å². The molecule has 1 aromatic heterocycles. The van der Waals surface area contributed by atoms with Gasteiger partial charge in [-0.3, -0.25) is 0 Å². The Morgan fingerprint density at radius 2 is 1.78 bits per heavy atom. The van der Waals surface area contributed by atoms with Crippen molar-refractivity contribution in [3.8, 4) is 0 Å². The molecule has 1 aliphatic rings. The smallest absolute Gasteiger partial charge is 0.227 e. The summed E-state index contributed by atoms with van der Waals surface area (Å²) in [5.74, 6) is 1.81. The molecule has 2 aromatic rings. The van der Waals surface area contributed by atoms with Gasteiger partial charge >= 0.3 is 0 Å². The minimum atomic E-state index is 0.782. The van der Waals surface area contributed by atoms with E-state index in [1.807, 2.05) is 25.4 Å². The number of nitrogens with zero attached hydrogens (tertiary/aromatic N) is 5. The van der Waals surface area contributed by atoms with Crippen molar-refractivity contribution >= 4 is 11.8 Å². The van der Waals surface area contributed by atoms with Crippen molar-refractivity contribution in [2.45, 2.75) is 13.5 Å². The first-order valence-corrected chi connectivity index (χ1v) is 8.31. The summed E-state index contributed by atoms with van der Waals surface area (Å²) in [6.07, 6.45) is 1.87. The van der Waals surface area contributed by atoms with Crippen LogP contribution in [0.4, 0.5) is 11.8 Å². The van der Waals surface area contributed by atoms with Crippen molar-refractivity contribution in [3.63, 3.8) is 0 Å². The molecule has 1 saturated heterocycles. The van der Waals surface area contributed by atoms with E-state index in [-0.39, 0.29) is 0 Å². The second kappa shape index (κ2) is 7.42. The Balaban J connectivity index is 1.67. The van der Waals surface area contributed by atoms with Gasteiger partial charge in [-0.2, -0.15) is 4.98 Å². The van der Waals surface area contributed by atoms with Crippen molar-refractivity contribution in [3.05, 3.63) is 48.2 Å². The van der Waals surface area contributed by atoms with Gasteiger partial charge < -0.3 is 14.7 Å². The van der Waals surface area contributed by atoms with Gasteiger partial charge in [-0.05, 0) is 18.2 Å². The van der Waals surface area contributed by atoms with Crippen LogP contribution >= 0.6 is 0 Å². The van der Waals surface area contributed by atoms with E-state index < -0.39 is 0 Å². The highest BCUT2D eigenvalue weighted by Gasteiger charge is 2.17. The van der Waals surface area contributed by atoms with E-state index in [1.165, 1.54) is 5.56 Å². The van der Waals surface area contributed by atoms with E-state index in [1.54, 1.807) is 0 Å². The maximum Gasteiger partial charge on any atom is 0.227 e. The van der Waals surface area contributed by atoms with E-state index in [9.17, 15) is 0 Å². The minimum absolute atomic E-state index is 0.782. The number of rotatable bonds is 5. The molecule has 0 atom stereocenters. The molecule has 5 nitrogen and oxygen atoms in total. The van der Waals surface area contributed by atoms with Crippen LogP contribution in [0.15, 0.2) is 42.6 Å². The molecule has 1 aliphatic heterocycles. The monoisotopic (exact) mass is 311 g/mol. The Bertz CT molecular complexity index is 608. The van der Waals surface area contributed by atoms with Crippen LogP contribution in [0.25, 0.3) is 0 Å². The van der Waals surface area contributed by atoms with E-state index in [0.717, 1.165) is 51.0 Å². The fourth-order valence-electron chi connectivity index (χ4n) is 2.92. The summed E-state index contributed by atoms with van der Waals surface area (Å²) in [7, 11) is 2.04. The second-order valence-corrected chi connectivity index (χ2v) is 5.98. The number of hydrogen-bond acceptors (Lipinski definition) is 5. The lowest BCUT2D eigenvalue weighted by molar-refractivity contribution is 0.270. The van der Waals surface area contributed by atoms with Gasteiger partial charge in [0.2, 0.25) is 5.95 Å². The Labute approximate surface area is 138 Å². The molecule has 122 valence electrons. The molecule has 1 aromatic carbocycles. The van der Waals surface area contributed by atoms with Gasteiger partial charge in [-0.15, -0.1) is 0 Å². The van der Waals surface area contributed by atoms with Crippen molar-refractivity contribution in [1.29, 1.82) is 0 Å². The van der Waals surface area contributed by atoms with E-state index >= 15 is 0 Å². The number of piperazine rings is 1. The third kappa shape index (κ3) is 3.99. The molecule has 0 bridgehead atoms. The topological polar surface area (TPSA) is 35.5 Å². The number of hydrogen-bond donors (Lipinski definition) is 0. The van der Waals surface area contributed by atoms with Crippen molar-refractivity contribution in [2.24, 2.45) is 0 Å². The van der Waals surface area contributed by atoms with Gasteiger partial charge in [0, 0.05) is 46.0 Å². The largest absolute Gasteiger partial charge is 0.354 e. The summed E-state index contributed by atoms with van der Waals surface area (Å²) in [5, 5.41) is 0. The molecule has 0 saturated carbocycles. The Morgan fingerprint density at radius 1 is 1.04 bits per heavy atom. The molecular weight excluding hydrogens is 286 g/mol. The lowest BCUT2D eigenvalue weighted by Gasteiger charge is -2.35. The summed E-state index contributed by atoms with van der Waals surface area (Å²) in [6.45, 7) is 8.44. The van der Waals surface area contributed by atoms with Crippen LogP contribution in [0.2, 0.25) is 0 Å². The molecule has 0 spiro atoms. The highest BCUT2D eigenvalue weighted by molar-refractivity contribution is 5.44. The summed E-state index contributed by atoms with van der Waals surface area (Å²) in [6, 6.07) is 12.4. The van der Waals surface area contributed by atoms with Gasteiger partial charge in [0.05, 0.1) is 0 Å². The lowest BCUT2D eigenvalue weighted by Crippen LogP contribution is -2.46. The summed E-state index contributed by atoms with van der Waals surface area (Å²) in [4.78, 5) is 16.1. The first-order chi connectivity index (χ1) is 11.3. The van der Waals surface area contributed by atoms with Gasteiger partial charge in [0.15, 0.2) is 0 Å². The standard InChI is InChI=1S/C18H25N5/c1-3-22-11-13-23(14-12-22)17-9-10-19-18(20-17)21(2)15-16-7-5-4-6-8-16/h4-10H,3,11-15H2,1-2H3. The molecule has 23 heavy (non-hydrogen) atoms. The van der Waals surface area contributed by atoms with E-state index in [2.05, 4.69) is 50.9 Å². The number of likely N-dealkylation sites (N-methyl/N-ethyl adjacent to an activating group) is 1. The summed E-state index contributed by atoms with van der Waals surface area (Å²) >= 11 is 0. The first-order valence-electron chi connectivity index (χ1n) is 8.31. The van der Waals surface area contributed by atoms with Crippen LogP contribution in [0.1, 0.15) is 12.5 Å². The van der Waals surface area contributed by atoms with Crippen LogP contribution in [0.3, 0.4) is 0 Å². The molecule has 0 unspecified atom stereocenters. The molecule has 5 heteroatoms. The molecule has 3 rings (SSSR count). The highest BCUT2D eigenvalue weighted by Crippen LogP contribution is 2.17. The van der Waals surface area contributed by atoms with Gasteiger partial charge in [-0.1, -0.05) is 37.3 Å². The molecular formula is C18H25N5. The molecule has 0 amide bonds. The SMILES string of the molecule is CCN1CCN(c2ccnc(N(C)Cc3ccccc3)n2)CC1. The van der Waals surface area contributed by atoms with Crippen LogP contribution in [0, 0.1) is 0 Å². The Hall–Kier alpha value is -2.14. The lowest BCUT2D eigenvalue weighted by atomic mass is 10.2. The summed E-state index contributed by atoms with van der Waals surface area (Å²) in [5.41, 5.74) is 1.26. The van der Waals surface area contributed by atoms with E-state index in [0.29, 0.717) is 0 Å². The number of aromatic nitrogens is 2. The molecule has 0 radical (unpaired) electrons. The van der Waals surface area contributed by atoms with Gasteiger partial charge in [0.25, 0.3) is 0 Å². The zero-order valence-electron chi connectivity index (χ0n) is 14.0. The zero-order valence-corrected chi connectivity index (χ0v) is 14.0. The highest BCUT2D eigenvalue weighted by atomic mass is 15.3. The van der Waals surface area contributed by atoms with Crippen molar-refractivity contribution in [1.82, 2.24) is 14.9 Å². The molecule has 1 fully saturated rings. The zero-order chi connectivity index (χ0) is 16.1.